The third-order valence-corrected chi connectivity index (χ3v) is 6.28. The number of hydrogen-bond donors (Lipinski definition) is 0. The normalized spacial score (nSPS) is 17.7. The van der Waals surface area contributed by atoms with Gasteiger partial charge in [-0.25, -0.2) is 0 Å². The van der Waals surface area contributed by atoms with Gasteiger partial charge in [-0.05, 0) is 24.1 Å². The average molecular weight is 440 g/mol. The average Bonchev–Trinajstić information content (AvgIpc) is 3.08. The SMILES string of the molecule is O=C(CSc1nnc(-c2ccccc2Cl)o1)c1ccc(C2CC2(Cl)Cl)cc1. The molecule has 1 heterocycles. The molecule has 0 spiro atoms. The number of nitrogens with zero attached hydrogens (tertiary/aromatic N) is 2. The zero-order valence-corrected chi connectivity index (χ0v) is 16.9. The van der Waals surface area contributed by atoms with E-state index in [1.165, 1.54) is 11.8 Å². The molecule has 1 atom stereocenters. The smallest absolute Gasteiger partial charge is 0.277 e. The minimum atomic E-state index is -0.668. The first-order valence-corrected chi connectivity index (χ1v) is 10.3. The van der Waals surface area contributed by atoms with E-state index in [1.54, 1.807) is 24.3 Å². The van der Waals surface area contributed by atoms with Gasteiger partial charge in [0.05, 0.1) is 16.3 Å². The quantitative estimate of drug-likeness (QED) is 0.267. The van der Waals surface area contributed by atoms with Gasteiger partial charge < -0.3 is 4.42 Å². The second-order valence-corrected chi connectivity index (χ2v) is 9.08. The van der Waals surface area contributed by atoms with E-state index in [0.29, 0.717) is 27.3 Å². The van der Waals surface area contributed by atoms with E-state index < -0.39 is 4.33 Å². The molecule has 1 aliphatic rings. The fourth-order valence-electron chi connectivity index (χ4n) is 2.70. The second-order valence-electron chi connectivity index (χ2n) is 6.20. The van der Waals surface area contributed by atoms with Crippen LogP contribution in [-0.2, 0) is 0 Å². The summed E-state index contributed by atoms with van der Waals surface area (Å²) >= 11 is 19.5. The standard InChI is InChI=1S/C19H13Cl3N2O2S/c20-15-4-2-1-3-13(15)17-23-24-18(26-17)27-10-16(25)12-7-5-11(6-8-12)14-9-19(14,21)22/h1-8,14H,9-10H2. The van der Waals surface area contributed by atoms with Crippen molar-refractivity contribution >= 4 is 52.3 Å². The van der Waals surface area contributed by atoms with Crippen LogP contribution in [0.1, 0.15) is 28.3 Å². The lowest BCUT2D eigenvalue weighted by molar-refractivity contribution is 0.102. The van der Waals surface area contributed by atoms with Crippen molar-refractivity contribution in [2.24, 2.45) is 0 Å². The van der Waals surface area contributed by atoms with Crippen molar-refractivity contribution in [1.29, 1.82) is 0 Å². The van der Waals surface area contributed by atoms with Gasteiger partial charge in [-0.2, -0.15) is 0 Å². The number of carbonyl (C=O) groups is 1. The number of halogens is 3. The fourth-order valence-corrected chi connectivity index (χ4v) is 4.13. The number of aromatic nitrogens is 2. The van der Waals surface area contributed by atoms with Crippen LogP contribution in [0.5, 0.6) is 0 Å². The first-order chi connectivity index (χ1) is 12.9. The zero-order valence-electron chi connectivity index (χ0n) is 13.9. The van der Waals surface area contributed by atoms with E-state index in [1.807, 2.05) is 24.3 Å². The minimum Gasteiger partial charge on any atom is -0.411 e. The van der Waals surface area contributed by atoms with Crippen LogP contribution in [0.2, 0.25) is 5.02 Å². The molecule has 4 rings (SSSR count). The Hall–Kier alpha value is -1.53. The molecule has 138 valence electrons. The first-order valence-electron chi connectivity index (χ1n) is 8.16. The Bertz CT molecular complexity index is 989. The summed E-state index contributed by atoms with van der Waals surface area (Å²) in [4.78, 5) is 12.4. The molecule has 1 unspecified atom stereocenters. The molecule has 3 aromatic rings. The predicted octanol–water partition coefficient (Wildman–Crippen LogP) is 6.03. The highest BCUT2D eigenvalue weighted by Gasteiger charge is 2.52. The summed E-state index contributed by atoms with van der Waals surface area (Å²) in [5.74, 6) is 0.640. The number of ketones is 1. The molecule has 8 heteroatoms. The predicted molar refractivity (Wildman–Crippen MR) is 108 cm³/mol. The summed E-state index contributed by atoms with van der Waals surface area (Å²) in [7, 11) is 0. The van der Waals surface area contributed by atoms with Crippen LogP contribution in [0.4, 0.5) is 0 Å². The van der Waals surface area contributed by atoms with Crippen LogP contribution in [0.15, 0.2) is 58.2 Å². The molecule has 1 aromatic heterocycles. The molecule has 2 aromatic carbocycles. The summed E-state index contributed by atoms with van der Waals surface area (Å²) in [6, 6.07) is 14.6. The van der Waals surface area contributed by atoms with Gasteiger partial charge in [-0.15, -0.1) is 33.4 Å². The maximum absolute atomic E-state index is 12.4. The van der Waals surface area contributed by atoms with E-state index in [-0.39, 0.29) is 17.5 Å². The summed E-state index contributed by atoms with van der Waals surface area (Å²) in [6.07, 6.45) is 0.740. The molecule has 27 heavy (non-hydrogen) atoms. The zero-order chi connectivity index (χ0) is 19.0. The molecule has 1 saturated carbocycles. The lowest BCUT2D eigenvalue weighted by Crippen LogP contribution is -2.02. The maximum atomic E-state index is 12.4. The molecule has 0 amide bonds. The van der Waals surface area contributed by atoms with Crippen LogP contribution >= 0.6 is 46.6 Å². The number of rotatable bonds is 6. The van der Waals surface area contributed by atoms with Crippen molar-refractivity contribution in [3.8, 4) is 11.5 Å². The van der Waals surface area contributed by atoms with Crippen molar-refractivity contribution in [3.63, 3.8) is 0 Å². The van der Waals surface area contributed by atoms with E-state index in [4.69, 9.17) is 39.2 Å². The molecule has 0 aliphatic heterocycles. The van der Waals surface area contributed by atoms with Crippen molar-refractivity contribution < 1.29 is 9.21 Å². The number of hydrogen-bond acceptors (Lipinski definition) is 5. The molecule has 0 radical (unpaired) electrons. The lowest BCUT2D eigenvalue weighted by Gasteiger charge is -2.03. The largest absolute Gasteiger partial charge is 0.411 e. The molecule has 1 fully saturated rings. The van der Waals surface area contributed by atoms with Gasteiger partial charge in [0.15, 0.2) is 5.78 Å². The number of benzene rings is 2. The number of alkyl halides is 2. The van der Waals surface area contributed by atoms with Gasteiger partial charge in [-0.1, -0.05) is 59.8 Å². The Morgan fingerprint density at radius 3 is 2.52 bits per heavy atom. The Morgan fingerprint density at radius 1 is 1.15 bits per heavy atom. The molecule has 0 saturated heterocycles. The van der Waals surface area contributed by atoms with Crippen molar-refractivity contribution in [1.82, 2.24) is 10.2 Å². The van der Waals surface area contributed by atoms with Crippen molar-refractivity contribution in [3.05, 3.63) is 64.7 Å². The molecule has 1 aliphatic carbocycles. The van der Waals surface area contributed by atoms with Crippen LogP contribution in [0.25, 0.3) is 11.5 Å². The summed E-state index contributed by atoms with van der Waals surface area (Å²) in [6.45, 7) is 0. The van der Waals surface area contributed by atoms with E-state index >= 15 is 0 Å². The van der Waals surface area contributed by atoms with Crippen LogP contribution in [0, 0.1) is 0 Å². The van der Waals surface area contributed by atoms with Gasteiger partial charge in [0.1, 0.15) is 4.33 Å². The number of thioether (sulfide) groups is 1. The van der Waals surface area contributed by atoms with Crippen molar-refractivity contribution in [2.75, 3.05) is 5.75 Å². The van der Waals surface area contributed by atoms with Crippen LogP contribution in [-0.4, -0.2) is 26.1 Å². The number of Topliss-reactive ketones (excluding diaryl/α,β-unsaturated/α-hetero) is 1. The highest BCUT2D eigenvalue weighted by Crippen LogP contribution is 2.59. The first kappa shape index (κ1) is 18.8. The van der Waals surface area contributed by atoms with Gasteiger partial charge in [0.25, 0.3) is 5.22 Å². The molecule has 0 N–H and O–H groups in total. The van der Waals surface area contributed by atoms with Gasteiger partial charge in [-0.3, -0.25) is 4.79 Å². The summed E-state index contributed by atoms with van der Waals surface area (Å²) in [5.41, 5.74) is 2.33. The fraction of sp³-hybridized carbons (Fsp3) is 0.211. The summed E-state index contributed by atoms with van der Waals surface area (Å²) < 4.78 is 4.93. The van der Waals surface area contributed by atoms with E-state index in [9.17, 15) is 4.79 Å². The Labute approximate surface area is 175 Å². The van der Waals surface area contributed by atoms with Gasteiger partial charge in [0.2, 0.25) is 5.89 Å². The highest BCUT2D eigenvalue weighted by molar-refractivity contribution is 7.99. The molecule has 0 bridgehead atoms. The third kappa shape index (κ3) is 4.16. The topological polar surface area (TPSA) is 56.0 Å². The Balaban J connectivity index is 1.38. The van der Waals surface area contributed by atoms with Gasteiger partial charge >= 0.3 is 0 Å². The van der Waals surface area contributed by atoms with Crippen LogP contribution < -0.4 is 0 Å². The second kappa shape index (κ2) is 7.47. The van der Waals surface area contributed by atoms with Gasteiger partial charge in [0, 0.05) is 11.5 Å². The van der Waals surface area contributed by atoms with Crippen molar-refractivity contribution in [2.45, 2.75) is 21.9 Å². The maximum Gasteiger partial charge on any atom is 0.277 e. The van der Waals surface area contributed by atoms with E-state index in [2.05, 4.69) is 10.2 Å². The molecular weight excluding hydrogens is 427 g/mol. The van der Waals surface area contributed by atoms with E-state index in [0.717, 1.165) is 12.0 Å². The third-order valence-electron chi connectivity index (χ3n) is 4.30. The highest BCUT2D eigenvalue weighted by atomic mass is 35.5. The summed E-state index contributed by atoms with van der Waals surface area (Å²) in [5, 5.41) is 8.81. The van der Waals surface area contributed by atoms with Crippen LogP contribution in [0.3, 0.4) is 0 Å². The number of carbonyl (C=O) groups excluding carboxylic acids is 1. The molecular formula is C19H13Cl3N2O2S. The Morgan fingerprint density at radius 2 is 1.85 bits per heavy atom. The minimum absolute atomic E-state index is 0.0251. The Kier molecular flexibility index (Phi) is 5.21. The monoisotopic (exact) mass is 438 g/mol. The lowest BCUT2D eigenvalue weighted by atomic mass is 10.1. The molecule has 4 nitrogen and oxygen atoms in total.